The Morgan fingerprint density at radius 2 is 2.00 bits per heavy atom. The monoisotopic (exact) mass is 308 g/mol. The number of H-pyrrole nitrogens is 1. The van der Waals surface area contributed by atoms with Gasteiger partial charge in [0.2, 0.25) is 5.95 Å². The maximum atomic E-state index is 12.8. The van der Waals surface area contributed by atoms with Crippen molar-refractivity contribution in [2.24, 2.45) is 0 Å². The number of hydrogen-bond acceptors (Lipinski definition) is 5. The van der Waals surface area contributed by atoms with E-state index in [-0.39, 0.29) is 11.8 Å². The smallest absolute Gasteiger partial charge is 0.372 e. The molecule has 2 heterocycles. The molecule has 0 bridgehead atoms. The topological polar surface area (TPSA) is 78.5 Å². The third-order valence-corrected chi connectivity index (χ3v) is 3.06. The molecule has 0 unspecified atom stereocenters. The molecule has 0 amide bonds. The Balaban J connectivity index is 1.98. The molecule has 0 spiro atoms. The zero-order valence-corrected chi connectivity index (χ0v) is 11.4. The van der Waals surface area contributed by atoms with Gasteiger partial charge < -0.3 is 10.6 Å². The van der Waals surface area contributed by atoms with Gasteiger partial charge in [-0.05, 0) is 12.1 Å². The SMILES string of the molecule is CNc1nc(Nc2cccc3[nH]ncc23)ncc1C(F)(F)F. The van der Waals surface area contributed by atoms with Crippen LogP contribution in [-0.2, 0) is 6.18 Å². The number of alkyl halides is 3. The summed E-state index contributed by atoms with van der Waals surface area (Å²) in [5.74, 6) is -0.226. The van der Waals surface area contributed by atoms with Crippen LogP contribution in [0.15, 0.2) is 30.6 Å². The summed E-state index contributed by atoms with van der Waals surface area (Å²) in [5, 5.41) is 12.8. The summed E-state index contributed by atoms with van der Waals surface area (Å²) >= 11 is 0. The lowest BCUT2D eigenvalue weighted by atomic mass is 10.2. The van der Waals surface area contributed by atoms with E-state index in [1.165, 1.54) is 7.05 Å². The highest BCUT2D eigenvalue weighted by Gasteiger charge is 2.35. The molecule has 0 aliphatic carbocycles. The molecule has 0 saturated carbocycles. The second-order valence-electron chi connectivity index (χ2n) is 4.47. The first-order valence-corrected chi connectivity index (χ1v) is 6.30. The molecular formula is C13H11F3N6. The number of nitrogens with one attached hydrogen (secondary N) is 3. The Morgan fingerprint density at radius 3 is 2.73 bits per heavy atom. The summed E-state index contributed by atoms with van der Waals surface area (Å²) in [6.45, 7) is 0. The maximum Gasteiger partial charge on any atom is 0.421 e. The summed E-state index contributed by atoms with van der Waals surface area (Å²) in [6, 6.07) is 5.38. The minimum atomic E-state index is -4.51. The lowest BCUT2D eigenvalue weighted by Crippen LogP contribution is -2.12. The highest BCUT2D eigenvalue weighted by atomic mass is 19.4. The normalized spacial score (nSPS) is 11.6. The van der Waals surface area contributed by atoms with E-state index in [0.717, 1.165) is 17.1 Å². The summed E-state index contributed by atoms with van der Waals surface area (Å²) in [6.07, 6.45) is -2.15. The van der Waals surface area contributed by atoms with Gasteiger partial charge in [-0.2, -0.15) is 23.3 Å². The van der Waals surface area contributed by atoms with Crippen molar-refractivity contribution in [1.82, 2.24) is 20.2 Å². The van der Waals surface area contributed by atoms with E-state index in [1.54, 1.807) is 18.3 Å². The van der Waals surface area contributed by atoms with Crippen molar-refractivity contribution < 1.29 is 13.2 Å². The maximum absolute atomic E-state index is 12.8. The highest BCUT2D eigenvalue weighted by molar-refractivity contribution is 5.92. The third kappa shape index (κ3) is 2.52. The number of aromatic nitrogens is 4. The number of halogens is 3. The zero-order valence-electron chi connectivity index (χ0n) is 11.4. The van der Waals surface area contributed by atoms with E-state index in [2.05, 4.69) is 30.8 Å². The van der Waals surface area contributed by atoms with E-state index < -0.39 is 11.7 Å². The Labute approximate surface area is 122 Å². The van der Waals surface area contributed by atoms with Gasteiger partial charge in [0.15, 0.2) is 0 Å². The summed E-state index contributed by atoms with van der Waals surface area (Å²) < 4.78 is 38.4. The number of aromatic amines is 1. The molecule has 0 radical (unpaired) electrons. The van der Waals surface area contributed by atoms with E-state index in [1.807, 2.05) is 6.07 Å². The van der Waals surface area contributed by atoms with Crippen LogP contribution in [0.25, 0.3) is 10.9 Å². The molecule has 114 valence electrons. The number of hydrogen-bond donors (Lipinski definition) is 3. The van der Waals surface area contributed by atoms with Gasteiger partial charge in [0.25, 0.3) is 0 Å². The number of anilines is 3. The first-order chi connectivity index (χ1) is 10.5. The Morgan fingerprint density at radius 1 is 1.18 bits per heavy atom. The molecule has 0 saturated heterocycles. The number of rotatable bonds is 3. The minimum Gasteiger partial charge on any atom is -0.372 e. The van der Waals surface area contributed by atoms with Crippen LogP contribution in [0.1, 0.15) is 5.56 Å². The Kier molecular flexibility index (Phi) is 3.32. The second-order valence-corrected chi connectivity index (χ2v) is 4.47. The van der Waals surface area contributed by atoms with Crippen LogP contribution in [0.5, 0.6) is 0 Å². The molecule has 3 aromatic rings. The standard InChI is InChI=1S/C13H11F3N6/c1-17-11-8(13(14,15)16)6-18-12(21-11)20-9-3-2-4-10-7(9)5-19-22-10/h2-6H,1H3,(H,19,22)(H2,17,18,20,21). The largest absolute Gasteiger partial charge is 0.421 e. The fraction of sp³-hybridized carbons (Fsp3) is 0.154. The van der Waals surface area contributed by atoms with Crippen molar-refractivity contribution >= 4 is 28.4 Å². The molecule has 3 N–H and O–H groups in total. The number of benzene rings is 1. The van der Waals surface area contributed by atoms with Crippen LogP contribution in [0, 0.1) is 0 Å². The quantitative estimate of drug-likeness (QED) is 0.693. The molecule has 0 aliphatic heterocycles. The fourth-order valence-electron chi connectivity index (χ4n) is 2.04. The van der Waals surface area contributed by atoms with Crippen LogP contribution >= 0.6 is 0 Å². The predicted molar refractivity (Wildman–Crippen MR) is 76.0 cm³/mol. The first kappa shape index (κ1) is 14.1. The molecule has 0 atom stereocenters. The van der Waals surface area contributed by atoms with Gasteiger partial charge in [0.1, 0.15) is 11.4 Å². The zero-order chi connectivity index (χ0) is 15.7. The van der Waals surface area contributed by atoms with Crippen molar-refractivity contribution in [3.05, 3.63) is 36.2 Å². The van der Waals surface area contributed by atoms with Gasteiger partial charge in [-0.15, -0.1) is 0 Å². The van der Waals surface area contributed by atoms with Crippen LogP contribution in [-0.4, -0.2) is 27.2 Å². The average molecular weight is 308 g/mol. The molecule has 1 aromatic carbocycles. The number of nitrogens with zero attached hydrogens (tertiary/aromatic N) is 3. The van der Waals surface area contributed by atoms with Crippen molar-refractivity contribution in [3.8, 4) is 0 Å². The van der Waals surface area contributed by atoms with Gasteiger partial charge in [0.05, 0.1) is 17.4 Å². The number of fused-ring (bicyclic) bond motifs is 1. The van der Waals surface area contributed by atoms with E-state index >= 15 is 0 Å². The van der Waals surface area contributed by atoms with Crippen molar-refractivity contribution in [2.45, 2.75) is 6.18 Å². The van der Waals surface area contributed by atoms with Gasteiger partial charge in [0, 0.05) is 18.6 Å². The van der Waals surface area contributed by atoms with E-state index in [9.17, 15) is 13.2 Å². The molecule has 0 fully saturated rings. The average Bonchev–Trinajstić information content (AvgIpc) is 2.95. The fourth-order valence-corrected chi connectivity index (χ4v) is 2.04. The lowest BCUT2D eigenvalue weighted by molar-refractivity contribution is -0.137. The van der Waals surface area contributed by atoms with Crippen molar-refractivity contribution in [2.75, 3.05) is 17.7 Å². The van der Waals surface area contributed by atoms with Gasteiger partial charge in [-0.25, -0.2) is 4.98 Å². The summed E-state index contributed by atoms with van der Waals surface area (Å²) in [7, 11) is 1.37. The molecule has 3 rings (SSSR count). The molecule has 2 aromatic heterocycles. The summed E-state index contributed by atoms with van der Waals surface area (Å²) in [5.41, 5.74) is 0.529. The molecular weight excluding hydrogens is 297 g/mol. The molecule has 9 heteroatoms. The third-order valence-electron chi connectivity index (χ3n) is 3.06. The van der Waals surface area contributed by atoms with Gasteiger partial charge in [-0.1, -0.05) is 6.07 Å². The predicted octanol–water partition coefficient (Wildman–Crippen LogP) is 3.16. The van der Waals surface area contributed by atoms with Gasteiger partial charge in [-0.3, -0.25) is 5.10 Å². The lowest BCUT2D eigenvalue weighted by Gasteiger charge is -2.13. The first-order valence-electron chi connectivity index (χ1n) is 6.30. The van der Waals surface area contributed by atoms with E-state index in [4.69, 9.17) is 0 Å². The Hall–Kier alpha value is -2.84. The molecule has 22 heavy (non-hydrogen) atoms. The van der Waals surface area contributed by atoms with Crippen LogP contribution in [0.3, 0.4) is 0 Å². The molecule has 0 aliphatic rings. The Bertz CT molecular complexity index is 811. The second kappa shape index (κ2) is 5.17. The van der Waals surface area contributed by atoms with Crippen LogP contribution in [0.4, 0.5) is 30.6 Å². The minimum absolute atomic E-state index is 0.0612. The van der Waals surface area contributed by atoms with Crippen LogP contribution < -0.4 is 10.6 Å². The summed E-state index contributed by atoms with van der Waals surface area (Å²) in [4.78, 5) is 7.59. The van der Waals surface area contributed by atoms with Crippen molar-refractivity contribution in [3.63, 3.8) is 0 Å². The van der Waals surface area contributed by atoms with Crippen LogP contribution in [0.2, 0.25) is 0 Å². The highest BCUT2D eigenvalue weighted by Crippen LogP contribution is 2.34. The molecule has 6 nitrogen and oxygen atoms in total. The van der Waals surface area contributed by atoms with E-state index in [0.29, 0.717) is 5.69 Å². The van der Waals surface area contributed by atoms with Gasteiger partial charge >= 0.3 is 6.18 Å². The van der Waals surface area contributed by atoms with Crippen molar-refractivity contribution in [1.29, 1.82) is 0 Å².